The van der Waals surface area contributed by atoms with E-state index in [-0.39, 0.29) is 43.6 Å². The molecule has 0 radical (unpaired) electrons. The number of halogens is 2. The highest BCUT2D eigenvalue weighted by atomic mass is 35.5. The summed E-state index contributed by atoms with van der Waals surface area (Å²) >= 11 is 0. The third kappa shape index (κ3) is 5.96. The summed E-state index contributed by atoms with van der Waals surface area (Å²) in [5, 5.41) is 11.6. The smallest absolute Gasteiger partial charge is 0.218 e. The van der Waals surface area contributed by atoms with Crippen LogP contribution in [0.3, 0.4) is 0 Å². The Bertz CT molecular complexity index is 972. The Morgan fingerprint density at radius 3 is 2.52 bits per heavy atom. The molecule has 31 heavy (non-hydrogen) atoms. The standard InChI is InChI=1S/C22H29FN2O4S.ClH/c1-24(2)14-19-15-25(30(27,28)16-17-7-9-20(23)10-8-17)12-11-22(19,26)18-5-4-6-21(13-18)29-3;/h4-10,13,19,26H,11-12,14-16H2,1-3H3;1H. The van der Waals surface area contributed by atoms with Crippen molar-refractivity contribution in [2.24, 2.45) is 5.92 Å². The van der Waals surface area contributed by atoms with Crippen molar-refractivity contribution in [3.05, 3.63) is 65.5 Å². The number of benzene rings is 2. The number of aliphatic hydroxyl groups is 1. The van der Waals surface area contributed by atoms with E-state index in [1.54, 1.807) is 7.11 Å². The van der Waals surface area contributed by atoms with Crippen molar-refractivity contribution in [2.75, 3.05) is 40.8 Å². The van der Waals surface area contributed by atoms with Gasteiger partial charge in [0.2, 0.25) is 10.0 Å². The van der Waals surface area contributed by atoms with E-state index in [1.165, 1.54) is 28.6 Å². The summed E-state index contributed by atoms with van der Waals surface area (Å²) in [5.41, 5.74) is 0.0965. The van der Waals surface area contributed by atoms with Crippen molar-refractivity contribution in [2.45, 2.75) is 17.8 Å². The molecule has 0 bridgehead atoms. The Balaban J connectivity index is 0.00000341. The van der Waals surface area contributed by atoms with Gasteiger partial charge in [-0.3, -0.25) is 0 Å². The van der Waals surface area contributed by atoms with Crippen molar-refractivity contribution in [1.82, 2.24) is 9.21 Å². The SMILES string of the molecule is COc1cccc(C2(O)CCN(S(=O)(=O)Cc3ccc(F)cc3)CC2CN(C)C)c1.Cl. The van der Waals surface area contributed by atoms with Gasteiger partial charge in [-0.15, -0.1) is 12.4 Å². The number of methoxy groups -OCH3 is 1. The highest BCUT2D eigenvalue weighted by molar-refractivity contribution is 7.88. The molecule has 172 valence electrons. The molecule has 1 saturated heterocycles. The number of hydrogen-bond acceptors (Lipinski definition) is 5. The van der Waals surface area contributed by atoms with Crippen LogP contribution in [-0.2, 0) is 21.4 Å². The topological polar surface area (TPSA) is 70.1 Å². The zero-order chi connectivity index (χ0) is 21.9. The molecule has 2 aromatic carbocycles. The van der Waals surface area contributed by atoms with Crippen LogP contribution >= 0.6 is 12.4 Å². The third-order valence-corrected chi connectivity index (χ3v) is 7.47. The van der Waals surface area contributed by atoms with Gasteiger partial charge >= 0.3 is 0 Å². The van der Waals surface area contributed by atoms with E-state index in [0.29, 0.717) is 17.9 Å². The molecule has 0 amide bonds. The Morgan fingerprint density at radius 2 is 1.90 bits per heavy atom. The van der Waals surface area contributed by atoms with Crippen molar-refractivity contribution < 1.29 is 22.7 Å². The maximum Gasteiger partial charge on any atom is 0.218 e. The molecule has 0 aromatic heterocycles. The average Bonchev–Trinajstić information content (AvgIpc) is 2.71. The number of sulfonamides is 1. The van der Waals surface area contributed by atoms with Crippen LogP contribution in [0.2, 0.25) is 0 Å². The van der Waals surface area contributed by atoms with Gasteiger partial charge in [-0.05, 0) is 55.9 Å². The first kappa shape index (κ1) is 25.5. The molecule has 2 atom stereocenters. The van der Waals surface area contributed by atoms with E-state index in [4.69, 9.17) is 4.74 Å². The molecule has 0 aliphatic carbocycles. The van der Waals surface area contributed by atoms with Crippen LogP contribution in [0.1, 0.15) is 17.5 Å². The van der Waals surface area contributed by atoms with Gasteiger partial charge in [-0.25, -0.2) is 17.1 Å². The molecule has 1 N–H and O–H groups in total. The maximum absolute atomic E-state index is 13.1. The molecule has 6 nitrogen and oxygen atoms in total. The Hall–Kier alpha value is -1.71. The predicted octanol–water partition coefficient (Wildman–Crippen LogP) is 2.86. The van der Waals surface area contributed by atoms with E-state index in [9.17, 15) is 17.9 Å². The van der Waals surface area contributed by atoms with Crippen LogP contribution < -0.4 is 4.74 Å². The molecule has 0 spiro atoms. The van der Waals surface area contributed by atoms with Crippen LogP contribution in [-0.4, -0.2) is 63.6 Å². The molecule has 0 saturated carbocycles. The minimum Gasteiger partial charge on any atom is -0.497 e. The van der Waals surface area contributed by atoms with E-state index in [0.717, 1.165) is 5.56 Å². The molecule has 3 rings (SSSR count). The minimum absolute atomic E-state index is 0. The van der Waals surface area contributed by atoms with Crippen LogP contribution in [0, 0.1) is 11.7 Å². The second kappa shape index (κ2) is 10.3. The highest BCUT2D eigenvalue weighted by Crippen LogP contribution is 2.40. The van der Waals surface area contributed by atoms with Gasteiger partial charge in [0.15, 0.2) is 0 Å². The fourth-order valence-corrected chi connectivity index (χ4v) is 5.62. The zero-order valence-electron chi connectivity index (χ0n) is 18.0. The number of ether oxygens (including phenoxy) is 1. The largest absolute Gasteiger partial charge is 0.497 e. The van der Waals surface area contributed by atoms with E-state index < -0.39 is 21.4 Å². The second-order valence-corrected chi connectivity index (χ2v) is 10.1. The van der Waals surface area contributed by atoms with Gasteiger partial charge in [-0.2, -0.15) is 0 Å². The van der Waals surface area contributed by atoms with E-state index in [2.05, 4.69) is 0 Å². The molecule has 1 heterocycles. The lowest BCUT2D eigenvalue weighted by atomic mass is 9.76. The normalized spacial score (nSPS) is 22.2. The summed E-state index contributed by atoms with van der Waals surface area (Å²) in [4.78, 5) is 1.95. The Labute approximate surface area is 190 Å². The first-order valence-electron chi connectivity index (χ1n) is 9.88. The van der Waals surface area contributed by atoms with E-state index in [1.807, 2.05) is 43.3 Å². The molecule has 2 unspecified atom stereocenters. The van der Waals surface area contributed by atoms with Crippen LogP contribution in [0.5, 0.6) is 5.75 Å². The summed E-state index contributed by atoms with van der Waals surface area (Å²) in [7, 11) is 1.77. The number of rotatable bonds is 7. The summed E-state index contributed by atoms with van der Waals surface area (Å²) < 4.78 is 46.0. The van der Waals surface area contributed by atoms with Crippen LogP contribution in [0.4, 0.5) is 4.39 Å². The molecule has 2 aromatic rings. The van der Waals surface area contributed by atoms with Gasteiger partial charge < -0.3 is 14.7 Å². The van der Waals surface area contributed by atoms with Crippen molar-refractivity contribution in [1.29, 1.82) is 0 Å². The van der Waals surface area contributed by atoms with Crippen molar-refractivity contribution in [3.8, 4) is 5.75 Å². The lowest BCUT2D eigenvalue weighted by Gasteiger charge is -2.45. The van der Waals surface area contributed by atoms with Gasteiger partial charge in [0.25, 0.3) is 0 Å². The lowest BCUT2D eigenvalue weighted by Crippen LogP contribution is -2.54. The second-order valence-electron chi connectivity index (χ2n) is 8.11. The molecular formula is C22H30ClFN2O4S. The Kier molecular flexibility index (Phi) is 8.47. The Morgan fingerprint density at radius 1 is 1.23 bits per heavy atom. The van der Waals surface area contributed by atoms with Gasteiger partial charge in [-0.1, -0.05) is 24.3 Å². The van der Waals surface area contributed by atoms with Crippen molar-refractivity contribution >= 4 is 22.4 Å². The number of nitrogens with zero attached hydrogens (tertiary/aromatic N) is 2. The van der Waals surface area contributed by atoms with Gasteiger partial charge in [0.1, 0.15) is 11.6 Å². The molecule has 1 aliphatic heterocycles. The van der Waals surface area contributed by atoms with E-state index >= 15 is 0 Å². The quantitative estimate of drug-likeness (QED) is 0.671. The van der Waals surface area contributed by atoms with Gasteiger partial charge in [0, 0.05) is 25.6 Å². The number of piperidine rings is 1. The first-order valence-corrected chi connectivity index (χ1v) is 11.5. The van der Waals surface area contributed by atoms with Crippen molar-refractivity contribution in [3.63, 3.8) is 0 Å². The maximum atomic E-state index is 13.1. The molecule has 1 fully saturated rings. The monoisotopic (exact) mass is 472 g/mol. The molecule has 9 heteroatoms. The fourth-order valence-electron chi connectivity index (χ4n) is 4.04. The average molecular weight is 473 g/mol. The first-order chi connectivity index (χ1) is 14.1. The summed E-state index contributed by atoms with van der Waals surface area (Å²) in [6, 6.07) is 12.8. The summed E-state index contributed by atoms with van der Waals surface area (Å²) in [6.45, 7) is 0.937. The summed E-state index contributed by atoms with van der Waals surface area (Å²) in [6.07, 6.45) is 0.279. The van der Waals surface area contributed by atoms with Gasteiger partial charge in [0.05, 0.1) is 18.5 Å². The highest BCUT2D eigenvalue weighted by Gasteiger charge is 2.45. The minimum atomic E-state index is -3.61. The number of hydrogen-bond donors (Lipinski definition) is 1. The lowest BCUT2D eigenvalue weighted by molar-refractivity contribution is -0.0698. The molecular weight excluding hydrogens is 443 g/mol. The summed E-state index contributed by atoms with van der Waals surface area (Å²) in [5.74, 6) is -0.268. The zero-order valence-corrected chi connectivity index (χ0v) is 19.6. The molecule has 1 aliphatic rings. The fraction of sp³-hybridized carbons (Fsp3) is 0.455. The van der Waals surface area contributed by atoms with Crippen LogP contribution in [0.25, 0.3) is 0 Å². The third-order valence-electron chi connectivity index (χ3n) is 5.65. The van der Waals surface area contributed by atoms with Crippen LogP contribution in [0.15, 0.2) is 48.5 Å². The predicted molar refractivity (Wildman–Crippen MR) is 121 cm³/mol.